The Balaban J connectivity index is 1.83. The molecule has 2 N–H and O–H groups in total. The van der Waals surface area contributed by atoms with Crippen LogP contribution >= 0.6 is 11.3 Å². The number of nitrogens with zero attached hydrogens (tertiary/aromatic N) is 1. The van der Waals surface area contributed by atoms with E-state index in [1.54, 1.807) is 11.3 Å². The van der Waals surface area contributed by atoms with Crippen LogP contribution in [0.5, 0.6) is 0 Å². The number of hydrogen-bond acceptors (Lipinski definition) is 4. The molecule has 3 nitrogen and oxygen atoms in total. The van der Waals surface area contributed by atoms with Gasteiger partial charge in [-0.25, -0.2) is 4.98 Å². The molecule has 1 fully saturated rings. The fraction of sp³-hybridized carbons (Fsp3) is 0.750. The Morgan fingerprint density at radius 3 is 3.06 bits per heavy atom. The molecule has 3 unspecified atom stereocenters. The Labute approximate surface area is 102 Å². The van der Waals surface area contributed by atoms with E-state index in [-0.39, 0.29) is 0 Å². The summed E-state index contributed by atoms with van der Waals surface area (Å²) in [5.74, 6) is 1.57. The molecule has 2 rings (SSSR count). The summed E-state index contributed by atoms with van der Waals surface area (Å²) in [6.07, 6.45) is 3.01. The zero-order chi connectivity index (χ0) is 11.4. The van der Waals surface area contributed by atoms with Gasteiger partial charge in [-0.1, -0.05) is 13.8 Å². The first kappa shape index (κ1) is 12.0. The molecule has 1 aromatic heterocycles. The van der Waals surface area contributed by atoms with E-state index in [1.807, 2.05) is 6.20 Å². The van der Waals surface area contributed by atoms with Crippen LogP contribution in [-0.4, -0.2) is 24.6 Å². The van der Waals surface area contributed by atoms with Crippen molar-refractivity contribution in [3.8, 4) is 0 Å². The van der Waals surface area contributed by atoms with Crippen LogP contribution in [0.1, 0.15) is 31.3 Å². The largest absolute Gasteiger partial charge is 0.316 e. The summed E-state index contributed by atoms with van der Waals surface area (Å²) >= 11 is 1.75. The van der Waals surface area contributed by atoms with Crippen LogP contribution in [-0.2, 0) is 0 Å². The van der Waals surface area contributed by atoms with Crippen LogP contribution in [0.15, 0.2) is 11.6 Å². The molecule has 0 saturated carbocycles. The lowest BCUT2D eigenvalue weighted by Crippen LogP contribution is -2.30. The van der Waals surface area contributed by atoms with Gasteiger partial charge >= 0.3 is 0 Å². The standard InChI is InChI=1S/C12H21N3S/c1-3-11(12-14-4-5-16-12)15-8-10-7-13-6-9(10)2/h4-5,9-11,13,15H,3,6-8H2,1-2H3. The molecule has 0 aliphatic carbocycles. The quantitative estimate of drug-likeness (QED) is 0.825. The third-order valence-electron chi connectivity index (χ3n) is 3.46. The first-order valence-electron chi connectivity index (χ1n) is 6.14. The summed E-state index contributed by atoms with van der Waals surface area (Å²) < 4.78 is 0. The van der Waals surface area contributed by atoms with Crippen LogP contribution in [0.4, 0.5) is 0 Å². The van der Waals surface area contributed by atoms with E-state index in [2.05, 4.69) is 34.8 Å². The Morgan fingerprint density at radius 2 is 2.50 bits per heavy atom. The van der Waals surface area contributed by atoms with Gasteiger partial charge in [-0.3, -0.25) is 0 Å². The first-order valence-corrected chi connectivity index (χ1v) is 7.02. The number of aromatic nitrogens is 1. The summed E-state index contributed by atoms with van der Waals surface area (Å²) in [6, 6.07) is 0.438. The molecule has 0 bridgehead atoms. The Hall–Kier alpha value is -0.450. The molecule has 1 aromatic rings. The molecule has 0 radical (unpaired) electrons. The van der Waals surface area contributed by atoms with Crippen molar-refractivity contribution < 1.29 is 0 Å². The molecule has 1 aliphatic heterocycles. The van der Waals surface area contributed by atoms with E-state index in [4.69, 9.17) is 0 Å². The summed E-state index contributed by atoms with van der Waals surface area (Å²) in [4.78, 5) is 4.39. The van der Waals surface area contributed by atoms with E-state index in [9.17, 15) is 0 Å². The SMILES string of the molecule is CCC(NCC1CNCC1C)c1nccs1. The highest BCUT2D eigenvalue weighted by atomic mass is 32.1. The molecule has 2 heterocycles. The fourth-order valence-corrected chi connectivity index (χ4v) is 3.04. The van der Waals surface area contributed by atoms with Crippen LogP contribution in [0, 0.1) is 11.8 Å². The van der Waals surface area contributed by atoms with Gasteiger partial charge in [-0.2, -0.15) is 0 Å². The van der Waals surface area contributed by atoms with Crippen LogP contribution in [0.25, 0.3) is 0 Å². The number of hydrogen-bond donors (Lipinski definition) is 2. The van der Waals surface area contributed by atoms with Gasteiger partial charge in [0.15, 0.2) is 0 Å². The molecule has 3 atom stereocenters. The molecule has 0 spiro atoms. The predicted octanol–water partition coefficient (Wildman–Crippen LogP) is 2.04. The maximum Gasteiger partial charge on any atom is 0.109 e. The smallest absolute Gasteiger partial charge is 0.109 e. The van der Waals surface area contributed by atoms with Crippen molar-refractivity contribution in [3.05, 3.63) is 16.6 Å². The van der Waals surface area contributed by atoms with E-state index < -0.39 is 0 Å². The third-order valence-corrected chi connectivity index (χ3v) is 4.35. The van der Waals surface area contributed by atoms with Crippen molar-refractivity contribution in [3.63, 3.8) is 0 Å². The highest BCUT2D eigenvalue weighted by Crippen LogP contribution is 2.21. The van der Waals surface area contributed by atoms with Crippen LogP contribution in [0.3, 0.4) is 0 Å². The minimum absolute atomic E-state index is 0.438. The highest BCUT2D eigenvalue weighted by molar-refractivity contribution is 7.09. The topological polar surface area (TPSA) is 37.0 Å². The first-order chi connectivity index (χ1) is 7.81. The zero-order valence-electron chi connectivity index (χ0n) is 10.1. The minimum Gasteiger partial charge on any atom is -0.316 e. The molecule has 0 amide bonds. The number of rotatable bonds is 5. The molecule has 0 aromatic carbocycles. The second-order valence-electron chi connectivity index (χ2n) is 4.64. The van der Waals surface area contributed by atoms with Crippen molar-refractivity contribution in [2.75, 3.05) is 19.6 Å². The summed E-state index contributed by atoms with van der Waals surface area (Å²) in [6.45, 7) is 7.97. The molecule has 1 saturated heterocycles. The summed E-state index contributed by atoms with van der Waals surface area (Å²) in [5.41, 5.74) is 0. The molecule has 90 valence electrons. The van der Waals surface area contributed by atoms with E-state index in [0.717, 1.165) is 31.3 Å². The summed E-state index contributed by atoms with van der Waals surface area (Å²) in [7, 11) is 0. The maximum absolute atomic E-state index is 4.39. The second kappa shape index (κ2) is 5.75. The van der Waals surface area contributed by atoms with E-state index in [0.29, 0.717) is 6.04 Å². The monoisotopic (exact) mass is 239 g/mol. The van der Waals surface area contributed by atoms with Gasteiger partial charge in [0, 0.05) is 18.1 Å². The third kappa shape index (κ3) is 2.81. The van der Waals surface area contributed by atoms with Gasteiger partial charge in [0.2, 0.25) is 0 Å². The maximum atomic E-state index is 4.39. The van der Waals surface area contributed by atoms with E-state index in [1.165, 1.54) is 11.6 Å². The second-order valence-corrected chi connectivity index (χ2v) is 5.56. The van der Waals surface area contributed by atoms with Gasteiger partial charge in [0.1, 0.15) is 5.01 Å². The molecular weight excluding hydrogens is 218 g/mol. The van der Waals surface area contributed by atoms with Crippen LogP contribution in [0.2, 0.25) is 0 Å². The lowest BCUT2D eigenvalue weighted by atomic mass is 9.98. The van der Waals surface area contributed by atoms with Crippen molar-refractivity contribution in [1.82, 2.24) is 15.6 Å². The molecule has 4 heteroatoms. The van der Waals surface area contributed by atoms with Crippen molar-refractivity contribution in [2.45, 2.75) is 26.3 Å². The predicted molar refractivity (Wildman–Crippen MR) is 68.7 cm³/mol. The average molecular weight is 239 g/mol. The van der Waals surface area contributed by atoms with Crippen molar-refractivity contribution in [1.29, 1.82) is 0 Å². The highest BCUT2D eigenvalue weighted by Gasteiger charge is 2.23. The zero-order valence-corrected chi connectivity index (χ0v) is 10.9. The lowest BCUT2D eigenvalue weighted by Gasteiger charge is -2.19. The summed E-state index contributed by atoms with van der Waals surface area (Å²) in [5, 5.41) is 10.4. The van der Waals surface area contributed by atoms with Crippen molar-refractivity contribution >= 4 is 11.3 Å². The van der Waals surface area contributed by atoms with Gasteiger partial charge in [0.25, 0.3) is 0 Å². The van der Waals surface area contributed by atoms with Crippen molar-refractivity contribution in [2.24, 2.45) is 11.8 Å². The number of nitrogens with one attached hydrogen (secondary N) is 2. The normalized spacial score (nSPS) is 27.1. The number of thiazole rings is 1. The van der Waals surface area contributed by atoms with Gasteiger partial charge in [0.05, 0.1) is 6.04 Å². The lowest BCUT2D eigenvalue weighted by molar-refractivity contribution is 0.386. The van der Waals surface area contributed by atoms with Gasteiger partial charge < -0.3 is 10.6 Å². The molecular formula is C12H21N3S. The van der Waals surface area contributed by atoms with E-state index >= 15 is 0 Å². The fourth-order valence-electron chi connectivity index (χ4n) is 2.24. The van der Waals surface area contributed by atoms with Crippen LogP contribution < -0.4 is 10.6 Å². The minimum atomic E-state index is 0.438. The van der Waals surface area contributed by atoms with Gasteiger partial charge in [-0.05, 0) is 31.3 Å². The average Bonchev–Trinajstić information content (AvgIpc) is 2.92. The Morgan fingerprint density at radius 1 is 1.62 bits per heavy atom. The molecule has 1 aliphatic rings. The molecule has 16 heavy (non-hydrogen) atoms. The Kier molecular flexibility index (Phi) is 4.32. The van der Waals surface area contributed by atoms with Gasteiger partial charge in [-0.15, -0.1) is 11.3 Å². The Bertz CT molecular complexity index is 299.